The minimum atomic E-state index is -0.311. The number of hydrogen-bond acceptors (Lipinski definition) is 5. The van der Waals surface area contributed by atoms with Crippen molar-refractivity contribution in [1.82, 2.24) is 10.1 Å². The highest BCUT2D eigenvalue weighted by Crippen LogP contribution is 2.17. The number of nitrogen functional groups attached to an aromatic ring is 1. The van der Waals surface area contributed by atoms with Crippen LogP contribution < -0.4 is 11.3 Å². The summed E-state index contributed by atoms with van der Waals surface area (Å²) < 4.78 is 17.3. The van der Waals surface area contributed by atoms with Gasteiger partial charge in [0.25, 0.3) is 0 Å². The highest BCUT2D eigenvalue weighted by molar-refractivity contribution is 5.54. The largest absolute Gasteiger partial charge is 0.335 e. The molecule has 0 atom stereocenters. The van der Waals surface area contributed by atoms with Crippen molar-refractivity contribution in [3.63, 3.8) is 0 Å². The van der Waals surface area contributed by atoms with Crippen molar-refractivity contribution >= 4 is 6.01 Å². The first-order valence-corrected chi connectivity index (χ1v) is 3.86. The summed E-state index contributed by atoms with van der Waals surface area (Å²) in [5.41, 5.74) is 2.88. The standard InChI is InChI=1S/C8H7FN4O/c9-6-3-1-5(2-4-6)7-11-8(12-10)14-13-7/h1-4H,10H2,(H,11,12,13). The molecule has 2 rings (SSSR count). The zero-order valence-corrected chi connectivity index (χ0v) is 7.07. The van der Waals surface area contributed by atoms with Crippen LogP contribution in [0, 0.1) is 5.82 Å². The van der Waals surface area contributed by atoms with E-state index in [9.17, 15) is 4.39 Å². The lowest BCUT2D eigenvalue weighted by atomic mass is 10.2. The lowest BCUT2D eigenvalue weighted by Gasteiger charge is -1.92. The van der Waals surface area contributed by atoms with Crippen LogP contribution in [0.1, 0.15) is 0 Å². The van der Waals surface area contributed by atoms with Crippen molar-refractivity contribution in [2.24, 2.45) is 5.84 Å². The van der Waals surface area contributed by atoms with Crippen molar-refractivity contribution in [1.29, 1.82) is 0 Å². The van der Waals surface area contributed by atoms with Crippen molar-refractivity contribution in [2.45, 2.75) is 0 Å². The summed E-state index contributed by atoms with van der Waals surface area (Å²) in [4.78, 5) is 3.89. The monoisotopic (exact) mass is 194 g/mol. The van der Waals surface area contributed by atoms with E-state index in [1.54, 1.807) is 12.1 Å². The number of benzene rings is 1. The minimum absolute atomic E-state index is 0.115. The first-order valence-electron chi connectivity index (χ1n) is 3.86. The molecule has 0 unspecified atom stereocenters. The van der Waals surface area contributed by atoms with E-state index in [4.69, 9.17) is 10.4 Å². The fourth-order valence-electron chi connectivity index (χ4n) is 0.998. The van der Waals surface area contributed by atoms with E-state index in [0.29, 0.717) is 11.4 Å². The summed E-state index contributed by atoms with van der Waals surface area (Å²) in [6.45, 7) is 0. The molecule has 14 heavy (non-hydrogen) atoms. The highest BCUT2D eigenvalue weighted by Gasteiger charge is 2.06. The third-order valence-corrected chi connectivity index (χ3v) is 1.65. The van der Waals surface area contributed by atoms with Crippen LogP contribution in [0.3, 0.4) is 0 Å². The van der Waals surface area contributed by atoms with Crippen LogP contribution in [-0.2, 0) is 0 Å². The van der Waals surface area contributed by atoms with E-state index in [1.165, 1.54) is 12.1 Å². The minimum Gasteiger partial charge on any atom is -0.314 e. The quantitative estimate of drug-likeness (QED) is 0.554. The molecule has 5 nitrogen and oxygen atoms in total. The van der Waals surface area contributed by atoms with Crippen LogP contribution >= 0.6 is 0 Å². The van der Waals surface area contributed by atoms with Crippen LogP contribution in [0.5, 0.6) is 0 Å². The van der Waals surface area contributed by atoms with Gasteiger partial charge in [-0.3, -0.25) is 5.43 Å². The molecule has 0 aliphatic rings. The average Bonchev–Trinajstić information content (AvgIpc) is 2.67. The average molecular weight is 194 g/mol. The van der Waals surface area contributed by atoms with Crippen LogP contribution in [0.2, 0.25) is 0 Å². The lowest BCUT2D eigenvalue weighted by Crippen LogP contribution is -2.06. The number of anilines is 1. The fraction of sp³-hybridized carbons (Fsp3) is 0. The Bertz CT molecular complexity index is 425. The first-order chi connectivity index (χ1) is 6.79. The third-order valence-electron chi connectivity index (χ3n) is 1.65. The number of nitrogens with one attached hydrogen (secondary N) is 1. The van der Waals surface area contributed by atoms with Crippen molar-refractivity contribution in [3.8, 4) is 11.4 Å². The number of aromatic nitrogens is 2. The van der Waals surface area contributed by atoms with Gasteiger partial charge in [0.15, 0.2) is 0 Å². The maximum absolute atomic E-state index is 12.6. The van der Waals surface area contributed by atoms with E-state index in [-0.39, 0.29) is 11.8 Å². The van der Waals surface area contributed by atoms with Gasteiger partial charge < -0.3 is 4.52 Å². The van der Waals surface area contributed by atoms with E-state index < -0.39 is 0 Å². The van der Waals surface area contributed by atoms with Crippen LogP contribution in [-0.4, -0.2) is 10.1 Å². The number of nitrogens with two attached hydrogens (primary N) is 1. The topological polar surface area (TPSA) is 77.0 Å². The maximum Gasteiger partial charge on any atom is 0.335 e. The van der Waals surface area contributed by atoms with Crippen LogP contribution in [0.15, 0.2) is 28.8 Å². The van der Waals surface area contributed by atoms with Gasteiger partial charge in [0.05, 0.1) is 0 Å². The molecule has 0 spiro atoms. The highest BCUT2D eigenvalue weighted by atomic mass is 19.1. The Kier molecular flexibility index (Phi) is 2.11. The number of hydrazine groups is 1. The molecule has 0 aliphatic carbocycles. The molecule has 0 amide bonds. The van der Waals surface area contributed by atoms with Crippen molar-refractivity contribution < 1.29 is 8.91 Å². The molecule has 3 N–H and O–H groups in total. The number of halogens is 1. The zero-order chi connectivity index (χ0) is 9.97. The zero-order valence-electron chi connectivity index (χ0n) is 7.07. The second-order valence-corrected chi connectivity index (χ2v) is 2.57. The molecule has 2 aromatic rings. The Morgan fingerprint density at radius 2 is 2.00 bits per heavy atom. The molecule has 0 saturated carbocycles. The maximum atomic E-state index is 12.6. The molecular formula is C8H7FN4O. The van der Waals surface area contributed by atoms with E-state index in [1.807, 2.05) is 0 Å². The second kappa shape index (κ2) is 3.43. The Morgan fingerprint density at radius 3 is 2.57 bits per heavy atom. The normalized spacial score (nSPS) is 10.1. The summed E-state index contributed by atoms with van der Waals surface area (Å²) in [7, 11) is 0. The summed E-state index contributed by atoms with van der Waals surface area (Å²) in [5.74, 6) is 5.11. The molecular weight excluding hydrogens is 187 g/mol. The molecule has 6 heteroatoms. The van der Waals surface area contributed by atoms with Crippen LogP contribution in [0.4, 0.5) is 10.4 Å². The summed E-state index contributed by atoms with van der Waals surface area (Å²) in [6, 6.07) is 5.87. The summed E-state index contributed by atoms with van der Waals surface area (Å²) in [5, 5.41) is 3.64. The SMILES string of the molecule is NNc1nc(-c2ccc(F)cc2)no1. The summed E-state index contributed by atoms with van der Waals surface area (Å²) in [6.07, 6.45) is 0. The molecule has 0 bridgehead atoms. The van der Waals surface area contributed by atoms with Crippen molar-refractivity contribution in [3.05, 3.63) is 30.1 Å². The number of hydrogen-bond donors (Lipinski definition) is 2. The Hall–Kier alpha value is -1.95. The Balaban J connectivity index is 2.34. The number of rotatable bonds is 2. The van der Waals surface area contributed by atoms with Gasteiger partial charge in [-0.2, -0.15) is 4.98 Å². The summed E-state index contributed by atoms with van der Waals surface area (Å²) >= 11 is 0. The van der Waals surface area contributed by atoms with E-state index in [0.717, 1.165) is 0 Å². The van der Waals surface area contributed by atoms with Gasteiger partial charge in [-0.05, 0) is 24.3 Å². The molecule has 1 aromatic carbocycles. The van der Waals surface area contributed by atoms with E-state index >= 15 is 0 Å². The van der Waals surface area contributed by atoms with Gasteiger partial charge in [0.2, 0.25) is 5.82 Å². The smallest absolute Gasteiger partial charge is 0.314 e. The molecule has 1 heterocycles. The molecule has 0 saturated heterocycles. The second-order valence-electron chi connectivity index (χ2n) is 2.57. The Labute approximate surface area is 78.7 Å². The van der Waals surface area contributed by atoms with Gasteiger partial charge in [-0.25, -0.2) is 10.2 Å². The third kappa shape index (κ3) is 1.55. The molecule has 0 fully saturated rings. The molecule has 0 radical (unpaired) electrons. The lowest BCUT2D eigenvalue weighted by molar-refractivity contribution is 0.432. The molecule has 0 aliphatic heterocycles. The van der Waals surface area contributed by atoms with Gasteiger partial charge in [0.1, 0.15) is 5.82 Å². The first kappa shape index (κ1) is 8.64. The van der Waals surface area contributed by atoms with Gasteiger partial charge in [-0.1, -0.05) is 5.16 Å². The van der Waals surface area contributed by atoms with E-state index in [2.05, 4.69) is 15.6 Å². The predicted molar refractivity (Wildman–Crippen MR) is 47.5 cm³/mol. The van der Waals surface area contributed by atoms with Crippen molar-refractivity contribution in [2.75, 3.05) is 5.43 Å². The van der Waals surface area contributed by atoms with Gasteiger partial charge >= 0.3 is 6.01 Å². The number of nitrogens with zero attached hydrogens (tertiary/aromatic N) is 2. The molecule has 1 aromatic heterocycles. The molecule has 72 valence electrons. The van der Waals surface area contributed by atoms with Crippen LogP contribution in [0.25, 0.3) is 11.4 Å². The Morgan fingerprint density at radius 1 is 1.29 bits per heavy atom. The fourth-order valence-corrected chi connectivity index (χ4v) is 0.998. The van der Waals surface area contributed by atoms with Gasteiger partial charge in [-0.15, -0.1) is 0 Å². The van der Waals surface area contributed by atoms with Gasteiger partial charge in [0, 0.05) is 5.56 Å². The predicted octanol–water partition coefficient (Wildman–Crippen LogP) is 1.16.